The lowest BCUT2D eigenvalue weighted by atomic mass is 9.82. The van der Waals surface area contributed by atoms with Crippen LogP contribution in [-0.2, 0) is 9.59 Å². The molecule has 33 heavy (non-hydrogen) atoms. The summed E-state index contributed by atoms with van der Waals surface area (Å²) in [6, 6.07) is 6.19. The van der Waals surface area contributed by atoms with Crippen molar-refractivity contribution in [3.8, 4) is 0 Å². The number of nitrogens with one attached hydrogen (secondary N) is 3. The Morgan fingerprint density at radius 2 is 1.55 bits per heavy atom. The maximum Gasteiger partial charge on any atom is 0.328 e. The molecule has 2 saturated heterocycles. The second-order valence-electron chi connectivity index (χ2n) is 8.73. The lowest BCUT2D eigenvalue weighted by Crippen LogP contribution is -2.83. The van der Waals surface area contributed by atoms with Gasteiger partial charge in [-0.2, -0.15) is 0 Å². The summed E-state index contributed by atoms with van der Waals surface area (Å²) in [6.07, 6.45) is 6.43. The highest BCUT2D eigenvalue weighted by Gasteiger charge is 2.65. The molecule has 5 N–H and O–H groups in total. The number of piperazine rings is 1. The van der Waals surface area contributed by atoms with E-state index in [2.05, 4.69) is 22.9 Å². The standard InChI is InChI=1S/C23H33N5O4S/c1-2-3-4-5-6-7-12-23(20(30)26-22(32)27-21(23)31)28(15-13-25-14-16-28)18-10-8-17(9-11-18)19(29)33-24/h8-11,25H,2-7,12-16,24H2,1H3,(H-,26,27,30,31,32)/p+1. The minimum absolute atomic E-state index is 0.101. The third-order valence-electron chi connectivity index (χ3n) is 6.87. The van der Waals surface area contributed by atoms with Gasteiger partial charge in [-0.15, -0.1) is 0 Å². The Morgan fingerprint density at radius 1 is 0.970 bits per heavy atom. The molecular formula is C23H34N5O4S+. The maximum absolute atomic E-state index is 13.5. The number of carbonyl (C=O) groups is 4. The number of unbranched alkanes of at least 4 members (excludes halogenated alkanes) is 5. The van der Waals surface area contributed by atoms with Crippen molar-refractivity contribution in [2.45, 2.75) is 57.4 Å². The zero-order valence-corrected chi connectivity index (χ0v) is 20.0. The molecule has 0 spiro atoms. The number of carbonyl (C=O) groups excluding carboxylic acids is 4. The van der Waals surface area contributed by atoms with Crippen LogP contribution in [0, 0.1) is 0 Å². The highest BCUT2D eigenvalue weighted by molar-refractivity contribution is 8.12. The highest BCUT2D eigenvalue weighted by Crippen LogP contribution is 2.39. The van der Waals surface area contributed by atoms with Crippen molar-refractivity contribution in [3.05, 3.63) is 29.8 Å². The Hall–Kier alpha value is -2.27. The molecule has 1 aromatic carbocycles. The van der Waals surface area contributed by atoms with E-state index in [0.717, 1.165) is 31.4 Å². The molecule has 0 saturated carbocycles. The van der Waals surface area contributed by atoms with E-state index in [1.165, 1.54) is 6.42 Å². The second-order valence-corrected chi connectivity index (χ2v) is 9.34. The summed E-state index contributed by atoms with van der Waals surface area (Å²) in [7, 11) is 0. The van der Waals surface area contributed by atoms with Crippen molar-refractivity contribution in [3.63, 3.8) is 0 Å². The number of nitrogens with two attached hydrogens (primary N) is 1. The molecule has 3 rings (SSSR count). The van der Waals surface area contributed by atoms with Crippen LogP contribution in [0.3, 0.4) is 0 Å². The lowest BCUT2D eigenvalue weighted by Gasteiger charge is -2.53. The molecule has 2 aliphatic rings. The smallest absolute Gasteiger partial charge is 0.306 e. The number of nitrogens with zero attached hydrogens (tertiary/aromatic N) is 1. The molecular weight excluding hydrogens is 442 g/mol. The van der Waals surface area contributed by atoms with Crippen LogP contribution in [0.4, 0.5) is 10.5 Å². The zero-order chi connectivity index (χ0) is 23.9. The van der Waals surface area contributed by atoms with Crippen LogP contribution in [-0.4, -0.2) is 54.7 Å². The first-order chi connectivity index (χ1) is 15.9. The van der Waals surface area contributed by atoms with E-state index in [9.17, 15) is 19.2 Å². The average Bonchev–Trinajstić information content (AvgIpc) is 2.82. The largest absolute Gasteiger partial charge is 0.328 e. The fourth-order valence-electron chi connectivity index (χ4n) is 5.13. The number of barbiturate groups is 1. The van der Waals surface area contributed by atoms with E-state index in [-0.39, 0.29) is 9.60 Å². The van der Waals surface area contributed by atoms with Crippen molar-refractivity contribution >= 4 is 40.6 Å². The number of hydrogen-bond acceptors (Lipinski definition) is 7. The minimum Gasteiger partial charge on any atom is -0.306 e. The zero-order valence-electron chi connectivity index (χ0n) is 19.2. The van der Waals surface area contributed by atoms with E-state index in [1.54, 1.807) is 24.3 Å². The molecule has 0 unspecified atom stereocenters. The van der Waals surface area contributed by atoms with Gasteiger partial charge >= 0.3 is 6.03 Å². The van der Waals surface area contributed by atoms with Gasteiger partial charge in [-0.1, -0.05) is 39.0 Å². The van der Waals surface area contributed by atoms with Crippen LogP contribution < -0.4 is 25.6 Å². The van der Waals surface area contributed by atoms with Crippen LogP contribution in [0.15, 0.2) is 24.3 Å². The molecule has 0 radical (unpaired) electrons. The molecule has 10 heteroatoms. The summed E-state index contributed by atoms with van der Waals surface area (Å²) in [5.41, 5.74) is -0.243. The third kappa shape index (κ3) is 4.98. The molecule has 0 aromatic heterocycles. The summed E-state index contributed by atoms with van der Waals surface area (Å²) >= 11 is 0.646. The summed E-state index contributed by atoms with van der Waals surface area (Å²) in [5, 5.41) is 13.2. The van der Waals surface area contributed by atoms with Gasteiger partial charge in [-0.3, -0.25) is 34.6 Å². The fourth-order valence-corrected chi connectivity index (χ4v) is 5.40. The van der Waals surface area contributed by atoms with Crippen LogP contribution in [0.1, 0.15) is 62.2 Å². The van der Waals surface area contributed by atoms with Gasteiger partial charge < -0.3 is 5.32 Å². The summed E-state index contributed by atoms with van der Waals surface area (Å²) in [6.45, 7) is 4.40. The fraction of sp³-hybridized carbons (Fsp3) is 0.565. The Balaban J connectivity index is 2.01. The number of imide groups is 2. The van der Waals surface area contributed by atoms with Crippen LogP contribution >= 0.6 is 11.9 Å². The SMILES string of the molecule is CCCCCCCCC1([N+]2(c3ccc(C(=O)SN)cc3)CCNCC2)C(=O)NC(=O)NC1=O. The Bertz CT molecular complexity index is 863. The van der Waals surface area contributed by atoms with Gasteiger partial charge in [0.05, 0.1) is 13.1 Å². The summed E-state index contributed by atoms with van der Waals surface area (Å²) in [5.74, 6) is -1.10. The first-order valence-electron chi connectivity index (χ1n) is 11.7. The van der Waals surface area contributed by atoms with Gasteiger partial charge in [0.15, 0.2) is 0 Å². The first-order valence-corrected chi connectivity index (χ1v) is 12.6. The topological polar surface area (TPSA) is 130 Å². The Kier molecular flexibility index (Phi) is 8.63. The molecule has 4 amide bonds. The predicted octanol–water partition coefficient (Wildman–Crippen LogP) is 2.20. The number of quaternary nitrogens is 1. The summed E-state index contributed by atoms with van der Waals surface area (Å²) in [4.78, 5) is 51.0. The number of amides is 4. The van der Waals surface area contributed by atoms with Gasteiger partial charge in [0.25, 0.3) is 17.4 Å². The second kappa shape index (κ2) is 11.2. The third-order valence-corrected chi connectivity index (χ3v) is 7.32. The van der Waals surface area contributed by atoms with E-state index < -0.39 is 23.4 Å². The van der Waals surface area contributed by atoms with Crippen molar-refractivity contribution in [1.82, 2.24) is 20.4 Å². The van der Waals surface area contributed by atoms with Gasteiger partial charge in [0.1, 0.15) is 5.69 Å². The van der Waals surface area contributed by atoms with Crippen molar-refractivity contribution in [1.29, 1.82) is 0 Å². The first kappa shape index (κ1) is 25.4. The van der Waals surface area contributed by atoms with E-state index in [4.69, 9.17) is 5.14 Å². The van der Waals surface area contributed by atoms with Gasteiger partial charge in [-0.05, 0) is 42.6 Å². The molecule has 2 fully saturated rings. The minimum atomic E-state index is -1.46. The number of rotatable bonds is 10. The van der Waals surface area contributed by atoms with Crippen LogP contribution in [0.25, 0.3) is 0 Å². The lowest BCUT2D eigenvalue weighted by molar-refractivity contribution is -0.148. The predicted molar refractivity (Wildman–Crippen MR) is 129 cm³/mol. The molecule has 180 valence electrons. The van der Waals surface area contributed by atoms with E-state index in [1.807, 2.05) is 0 Å². The molecule has 0 aliphatic carbocycles. The normalized spacial score (nSPS) is 19.6. The number of urea groups is 1. The van der Waals surface area contributed by atoms with Gasteiger partial charge in [-0.25, -0.2) is 4.79 Å². The highest BCUT2D eigenvalue weighted by atomic mass is 32.2. The average molecular weight is 477 g/mol. The number of benzene rings is 1. The molecule has 0 atom stereocenters. The van der Waals surface area contributed by atoms with E-state index >= 15 is 0 Å². The molecule has 2 heterocycles. The van der Waals surface area contributed by atoms with E-state index in [0.29, 0.717) is 56.5 Å². The van der Waals surface area contributed by atoms with Crippen LogP contribution in [0.2, 0.25) is 0 Å². The molecule has 2 aliphatic heterocycles. The van der Waals surface area contributed by atoms with Crippen molar-refractivity contribution in [2.75, 3.05) is 26.2 Å². The molecule has 1 aromatic rings. The molecule has 0 bridgehead atoms. The molecule has 9 nitrogen and oxygen atoms in total. The Morgan fingerprint density at radius 3 is 2.12 bits per heavy atom. The number of hydrogen-bond donors (Lipinski definition) is 4. The van der Waals surface area contributed by atoms with Gasteiger partial charge in [0, 0.05) is 25.1 Å². The van der Waals surface area contributed by atoms with Crippen molar-refractivity contribution in [2.24, 2.45) is 5.14 Å². The quantitative estimate of drug-likeness (QED) is 0.176. The monoisotopic (exact) mass is 476 g/mol. The van der Waals surface area contributed by atoms with Gasteiger partial charge in [0.2, 0.25) is 5.12 Å². The maximum atomic E-state index is 13.5. The summed E-state index contributed by atoms with van der Waals surface area (Å²) < 4.78 is 0.101. The Labute approximate surface area is 198 Å². The van der Waals surface area contributed by atoms with Crippen molar-refractivity contribution < 1.29 is 19.2 Å². The van der Waals surface area contributed by atoms with Crippen LogP contribution in [0.5, 0.6) is 0 Å².